The van der Waals surface area contributed by atoms with Crippen molar-refractivity contribution in [3.05, 3.63) is 91.0 Å². The zero-order valence-corrected chi connectivity index (χ0v) is 19.6. The lowest BCUT2D eigenvalue weighted by Gasteiger charge is -2.08. The molecule has 34 heavy (non-hydrogen) atoms. The Hall–Kier alpha value is -4.09. The maximum absolute atomic E-state index is 5.52. The Morgan fingerprint density at radius 1 is 0.647 bits per heavy atom. The Kier molecular flexibility index (Phi) is 5.04. The second-order valence-corrected chi connectivity index (χ2v) is 9.14. The largest absolute Gasteiger partial charge is 0.493 e. The molecule has 0 saturated heterocycles. The Balaban J connectivity index is 1.54. The third-order valence-corrected chi connectivity index (χ3v) is 7.21. The molecule has 0 bridgehead atoms. The molecule has 0 saturated carbocycles. The minimum atomic E-state index is 0.672. The zero-order chi connectivity index (χ0) is 23.1. The van der Waals surface area contributed by atoms with Gasteiger partial charge in [0.2, 0.25) is 0 Å². The van der Waals surface area contributed by atoms with Gasteiger partial charge < -0.3 is 14.5 Å². The molecule has 5 heteroatoms. The van der Waals surface area contributed by atoms with Gasteiger partial charge in [0.15, 0.2) is 11.5 Å². The van der Waals surface area contributed by atoms with Gasteiger partial charge in [-0.25, -0.2) is 4.98 Å². The van der Waals surface area contributed by atoms with Crippen molar-refractivity contribution in [1.82, 2.24) is 9.97 Å². The highest BCUT2D eigenvalue weighted by Crippen LogP contribution is 2.39. The molecule has 0 spiro atoms. The van der Waals surface area contributed by atoms with Crippen molar-refractivity contribution in [2.75, 3.05) is 14.2 Å². The number of H-pyrrole nitrogens is 1. The summed E-state index contributed by atoms with van der Waals surface area (Å²) in [7, 11) is 3.28. The van der Waals surface area contributed by atoms with Crippen molar-refractivity contribution in [3.8, 4) is 45.4 Å². The fourth-order valence-electron chi connectivity index (χ4n) is 4.39. The lowest BCUT2D eigenvalue weighted by molar-refractivity contribution is 0.355. The maximum atomic E-state index is 5.52. The summed E-state index contributed by atoms with van der Waals surface area (Å²) < 4.78 is 13.5. The van der Waals surface area contributed by atoms with Crippen molar-refractivity contribution in [2.24, 2.45) is 0 Å². The van der Waals surface area contributed by atoms with Gasteiger partial charge in [-0.2, -0.15) is 0 Å². The number of thiophene rings is 1. The highest BCUT2D eigenvalue weighted by atomic mass is 32.1. The van der Waals surface area contributed by atoms with E-state index in [1.807, 2.05) is 47.7 Å². The number of ether oxygens (including phenoxy) is 2. The molecule has 6 rings (SSSR count). The van der Waals surface area contributed by atoms with Crippen LogP contribution in [0.5, 0.6) is 11.5 Å². The van der Waals surface area contributed by atoms with Crippen LogP contribution in [0, 0.1) is 0 Å². The average molecular weight is 463 g/mol. The molecule has 0 unspecified atom stereocenters. The van der Waals surface area contributed by atoms with Crippen LogP contribution in [0.25, 0.3) is 54.1 Å². The van der Waals surface area contributed by atoms with Crippen LogP contribution in [-0.2, 0) is 0 Å². The lowest BCUT2D eigenvalue weighted by atomic mass is 10.0. The summed E-state index contributed by atoms with van der Waals surface area (Å²) in [4.78, 5) is 8.64. The Morgan fingerprint density at radius 2 is 1.38 bits per heavy atom. The van der Waals surface area contributed by atoms with E-state index in [2.05, 4.69) is 59.6 Å². The lowest BCUT2D eigenvalue weighted by Crippen LogP contribution is -1.91. The summed E-state index contributed by atoms with van der Waals surface area (Å²) in [6.07, 6.45) is 0. The minimum absolute atomic E-state index is 0.672. The summed E-state index contributed by atoms with van der Waals surface area (Å²) >= 11 is 1.82. The number of nitrogens with one attached hydrogen (secondary N) is 1. The van der Waals surface area contributed by atoms with Gasteiger partial charge in [0.1, 0.15) is 5.82 Å². The molecule has 0 aliphatic carbocycles. The predicted octanol–water partition coefficient (Wildman–Crippen LogP) is 7.80. The summed E-state index contributed by atoms with van der Waals surface area (Å²) in [6.45, 7) is 0. The molecule has 0 radical (unpaired) electrons. The predicted molar refractivity (Wildman–Crippen MR) is 141 cm³/mol. The van der Waals surface area contributed by atoms with Crippen LogP contribution in [0.4, 0.5) is 0 Å². The van der Waals surface area contributed by atoms with Crippen LogP contribution in [0.15, 0.2) is 91.0 Å². The Labute approximate surface area is 201 Å². The number of aromatic amines is 1. The van der Waals surface area contributed by atoms with Crippen LogP contribution >= 0.6 is 11.3 Å². The number of imidazole rings is 1. The number of rotatable bonds is 5. The van der Waals surface area contributed by atoms with E-state index in [1.54, 1.807) is 14.2 Å². The van der Waals surface area contributed by atoms with Gasteiger partial charge in [0.05, 0.1) is 25.6 Å². The molecule has 2 aromatic heterocycles. The fraction of sp³-hybridized carbons (Fsp3) is 0.0690. The van der Waals surface area contributed by atoms with E-state index in [-0.39, 0.29) is 0 Å². The molecular weight excluding hydrogens is 440 g/mol. The molecule has 2 heterocycles. The first-order chi connectivity index (χ1) is 16.7. The molecule has 0 aliphatic heterocycles. The van der Waals surface area contributed by atoms with Crippen LogP contribution in [-0.4, -0.2) is 24.2 Å². The van der Waals surface area contributed by atoms with Gasteiger partial charge in [-0.3, -0.25) is 0 Å². The van der Waals surface area contributed by atoms with E-state index in [0.29, 0.717) is 11.5 Å². The van der Waals surface area contributed by atoms with E-state index in [1.165, 1.54) is 20.2 Å². The van der Waals surface area contributed by atoms with Gasteiger partial charge in [-0.15, -0.1) is 11.3 Å². The topological polar surface area (TPSA) is 47.1 Å². The summed E-state index contributed by atoms with van der Waals surface area (Å²) in [6, 6.07) is 31.4. The zero-order valence-electron chi connectivity index (χ0n) is 18.8. The third kappa shape index (κ3) is 3.42. The van der Waals surface area contributed by atoms with E-state index in [9.17, 15) is 0 Å². The smallest absolute Gasteiger partial charge is 0.161 e. The number of hydrogen-bond donors (Lipinski definition) is 1. The van der Waals surface area contributed by atoms with Gasteiger partial charge >= 0.3 is 0 Å². The number of hydrogen-bond acceptors (Lipinski definition) is 4. The normalized spacial score (nSPS) is 11.2. The van der Waals surface area contributed by atoms with E-state index in [0.717, 1.165) is 33.9 Å². The number of benzene rings is 4. The van der Waals surface area contributed by atoms with Crippen molar-refractivity contribution in [1.29, 1.82) is 0 Å². The van der Waals surface area contributed by atoms with Gasteiger partial charge in [0.25, 0.3) is 0 Å². The van der Waals surface area contributed by atoms with Crippen LogP contribution in [0.2, 0.25) is 0 Å². The van der Waals surface area contributed by atoms with E-state index >= 15 is 0 Å². The average Bonchev–Trinajstić information content (AvgIpc) is 3.50. The number of methoxy groups -OCH3 is 2. The molecule has 0 atom stereocenters. The Morgan fingerprint density at radius 3 is 2.21 bits per heavy atom. The highest BCUT2D eigenvalue weighted by molar-refractivity contribution is 7.25. The van der Waals surface area contributed by atoms with E-state index in [4.69, 9.17) is 14.5 Å². The van der Waals surface area contributed by atoms with Crippen LogP contribution in [0.1, 0.15) is 0 Å². The second-order valence-electron chi connectivity index (χ2n) is 8.05. The van der Waals surface area contributed by atoms with E-state index < -0.39 is 0 Å². The standard InChI is InChI=1S/C29H22N2O2S/c1-32-23-15-13-20(16-24(23)33-2)29-30-27(18-8-4-3-5-9-18)28(31-29)19-12-14-22-21-10-6-7-11-25(21)34-26(22)17-19/h3-17H,1-2H3,(H,30,31). The minimum Gasteiger partial charge on any atom is -0.493 e. The second kappa shape index (κ2) is 8.36. The fourth-order valence-corrected chi connectivity index (χ4v) is 5.53. The SMILES string of the molecule is COc1ccc(-c2nc(-c3ccc4c(c3)sc3ccccc34)c(-c3ccccc3)[nH]2)cc1OC. The van der Waals surface area contributed by atoms with Crippen molar-refractivity contribution < 1.29 is 9.47 Å². The monoisotopic (exact) mass is 462 g/mol. The first-order valence-corrected chi connectivity index (χ1v) is 11.9. The van der Waals surface area contributed by atoms with Crippen LogP contribution < -0.4 is 9.47 Å². The first kappa shape index (κ1) is 20.5. The number of aromatic nitrogens is 2. The Bertz CT molecular complexity index is 1630. The number of fused-ring (bicyclic) bond motifs is 3. The molecule has 0 amide bonds. The van der Waals surface area contributed by atoms with Gasteiger partial charge in [0, 0.05) is 36.9 Å². The van der Waals surface area contributed by atoms with Crippen molar-refractivity contribution in [3.63, 3.8) is 0 Å². The molecule has 0 aliphatic rings. The summed E-state index contributed by atoms with van der Waals surface area (Å²) in [5.74, 6) is 2.15. The molecule has 1 N–H and O–H groups in total. The summed E-state index contributed by atoms with van der Waals surface area (Å²) in [5.41, 5.74) is 5.03. The van der Waals surface area contributed by atoms with Crippen molar-refractivity contribution in [2.45, 2.75) is 0 Å². The van der Waals surface area contributed by atoms with Crippen LogP contribution in [0.3, 0.4) is 0 Å². The van der Waals surface area contributed by atoms with Crippen molar-refractivity contribution >= 4 is 31.5 Å². The molecule has 166 valence electrons. The molecule has 4 aromatic carbocycles. The maximum Gasteiger partial charge on any atom is 0.161 e. The van der Waals surface area contributed by atoms with Gasteiger partial charge in [-0.1, -0.05) is 60.7 Å². The van der Waals surface area contributed by atoms with Gasteiger partial charge in [-0.05, 0) is 30.3 Å². The molecule has 4 nitrogen and oxygen atoms in total. The third-order valence-electron chi connectivity index (χ3n) is 6.08. The highest BCUT2D eigenvalue weighted by Gasteiger charge is 2.17. The number of nitrogens with zero attached hydrogens (tertiary/aromatic N) is 1. The molecule has 0 fully saturated rings. The first-order valence-electron chi connectivity index (χ1n) is 11.0. The molecule has 6 aromatic rings. The summed E-state index contributed by atoms with van der Waals surface area (Å²) in [5, 5.41) is 2.58. The molecular formula is C29H22N2O2S. The quantitative estimate of drug-likeness (QED) is 0.284.